The van der Waals surface area contributed by atoms with Crippen LogP contribution in [0, 0.1) is 5.92 Å². The largest absolute Gasteiger partial charge is 0.459 e. The lowest BCUT2D eigenvalue weighted by Gasteiger charge is -2.13. The summed E-state index contributed by atoms with van der Waals surface area (Å²) in [7, 11) is 0. The fraction of sp³-hybridized carbons (Fsp3) is 0.636. The van der Waals surface area contributed by atoms with Gasteiger partial charge in [-0.2, -0.15) is 0 Å². The van der Waals surface area contributed by atoms with Crippen molar-refractivity contribution in [2.75, 3.05) is 6.54 Å². The first-order chi connectivity index (χ1) is 6.97. The van der Waals surface area contributed by atoms with Gasteiger partial charge in [0.1, 0.15) is 6.10 Å². The van der Waals surface area contributed by atoms with E-state index in [9.17, 15) is 9.59 Å². The molecular formula is C11H19NO3. The quantitative estimate of drug-likeness (QED) is 0.534. The van der Waals surface area contributed by atoms with E-state index in [1.165, 1.54) is 0 Å². The van der Waals surface area contributed by atoms with E-state index in [2.05, 4.69) is 11.9 Å². The van der Waals surface area contributed by atoms with Gasteiger partial charge in [0.25, 0.3) is 0 Å². The highest BCUT2D eigenvalue weighted by molar-refractivity contribution is 5.81. The van der Waals surface area contributed by atoms with Crippen LogP contribution in [0.1, 0.15) is 27.2 Å². The number of hydrogen-bond donors (Lipinski definition) is 1. The van der Waals surface area contributed by atoms with Crippen molar-refractivity contribution < 1.29 is 14.3 Å². The molecule has 0 aliphatic heterocycles. The minimum Gasteiger partial charge on any atom is -0.459 e. The normalized spacial score (nSPS) is 12.0. The predicted octanol–water partition coefficient (Wildman–Crippen LogP) is 1.27. The van der Waals surface area contributed by atoms with Crippen LogP contribution < -0.4 is 5.32 Å². The summed E-state index contributed by atoms with van der Waals surface area (Å²) in [6, 6.07) is 0. The minimum absolute atomic E-state index is 0.0113. The number of hydrogen-bond acceptors (Lipinski definition) is 3. The van der Waals surface area contributed by atoms with Gasteiger partial charge in [-0.25, -0.2) is 4.79 Å². The highest BCUT2D eigenvalue weighted by Crippen LogP contribution is 1.98. The third kappa shape index (κ3) is 6.71. The molecule has 15 heavy (non-hydrogen) atoms. The minimum atomic E-state index is -0.433. The van der Waals surface area contributed by atoms with Crippen LogP contribution in [0.2, 0.25) is 0 Å². The van der Waals surface area contributed by atoms with Crippen molar-refractivity contribution >= 4 is 11.9 Å². The Kier molecular flexibility index (Phi) is 6.42. The van der Waals surface area contributed by atoms with Crippen LogP contribution in [-0.2, 0) is 14.3 Å². The third-order valence-corrected chi connectivity index (χ3v) is 1.86. The number of ether oxygens (including phenoxy) is 1. The molecule has 1 amide bonds. The Balaban J connectivity index is 3.63. The first-order valence-corrected chi connectivity index (χ1v) is 5.08. The SMILES string of the molecule is C=CC(=O)OC(C)CCNC(=O)C(C)C. The molecule has 0 saturated carbocycles. The van der Waals surface area contributed by atoms with E-state index in [-0.39, 0.29) is 17.9 Å². The molecule has 1 N–H and O–H groups in total. The van der Waals surface area contributed by atoms with Crippen LogP contribution >= 0.6 is 0 Å². The van der Waals surface area contributed by atoms with E-state index in [0.29, 0.717) is 13.0 Å². The molecule has 1 unspecified atom stereocenters. The molecule has 0 saturated heterocycles. The Labute approximate surface area is 90.7 Å². The third-order valence-electron chi connectivity index (χ3n) is 1.86. The molecule has 0 bridgehead atoms. The van der Waals surface area contributed by atoms with Crippen molar-refractivity contribution in [3.05, 3.63) is 12.7 Å². The summed E-state index contributed by atoms with van der Waals surface area (Å²) in [6.45, 7) is 9.26. The smallest absolute Gasteiger partial charge is 0.330 e. The maximum Gasteiger partial charge on any atom is 0.330 e. The summed E-state index contributed by atoms with van der Waals surface area (Å²) in [6.07, 6.45) is 1.53. The zero-order valence-corrected chi connectivity index (χ0v) is 9.58. The molecule has 4 nitrogen and oxygen atoms in total. The molecule has 0 rings (SSSR count). The van der Waals surface area contributed by atoms with Gasteiger partial charge >= 0.3 is 5.97 Å². The maximum atomic E-state index is 11.2. The highest BCUT2D eigenvalue weighted by atomic mass is 16.5. The van der Waals surface area contributed by atoms with Crippen LogP contribution in [0.4, 0.5) is 0 Å². The van der Waals surface area contributed by atoms with Crippen molar-refractivity contribution in [1.82, 2.24) is 5.32 Å². The van der Waals surface area contributed by atoms with Crippen molar-refractivity contribution in [1.29, 1.82) is 0 Å². The summed E-state index contributed by atoms with van der Waals surface area (Å²) >= 11 is 0. The zero-order chi connectivity index (χ0) is 11.8. The summed E-state index contributed by atoms with van der Waals surface area (Å²) in [5, 5.41) is 2.75. The molecule has 0 aliphatic carbocycles. The van der Waals surface area contributed by atoms with Gasteiger partial charge in [0.2, 0.25) is 5.91 Å². The predicted molar refractivity (Wildman–Crippen MR) is 58.2 cm³/mol. The maximum absolute atomic E-state index is 11.2. The van der Waals surface area contributed by atoms with E-state index in [0.717, 1.165) is 6.08 Å². The first-order valence-electron chi connectivity index (χ1n) is 5.08. The molecule has 0 aliphatic rings. The fourth-order valence-electron chi connectivity index (χ4n) is 0.908. The number of carbonyl (C=O) groups excluding carboxylic acids is 2. The van der Waals surface area contributed by atoms with Crippen LogP contribution in [0.3, 0.4) is 0 Å². The first kappa shape index (κ1) is 13.7. The van der Waals surface area contributed by atoms with Crippen LogP contribution in [-0.4, -0.2) is 24.5 Å². The molecule has 0 aromatic carbocycles. The van der Waals surface area contributed by atoms with E-state index in [1.54, 1.807) is 6.92 Å². The monoisotopic (exact) mass is 213 g/mol. The molecule has 0 aromatic rings. The van der Waals surface area contributed by atoms with Crippen molar-refractivity contribution in [2.45, 2.75) is 33.3 Å². The Morgan fingerprint density at radius 3 is 2.47 bits per heavy atom. The van der Waals surface area contributed by atoms with Gasteiger partial charge < -0.3 is 10.1 Å². The Morgan fingerprint density at radius 1 is 1.40 bits per heavy atom. The molecule has 0 spiro atoms. The molecule has 1 atom stereocenters. The van der Waals surface area contributed by atoms with Gasteiger partial charge in [0.05, 0.1) is 0 Å². The average Bonchev–Trinajstić information content (AvgIpc) is 2.17. The summed E-state index contributed by atoms with van der Waals surface area (Å²) in [5.41, 5.74) is 0. The van der Waals surface area contributed by atoms with Gasteiger partial charge in [-0.3, -0.25) is 4.79 Å². The highest BCUT2D eigenvalue weighted by Gasteiger charge is 2.09. The van der Waals surface area contributed by atoms with E-state index in [4.69, 9.17) is 4.74 Å². The number of rotatable bonds is 6. The van der Waals surface area contributed by atoms with Gasteiger partial charge in [-0.1, -0.05) is 20.4 Å². The van der Waals surface area contributed by atoms with Gasteiger partial charge in [0.15, 0.2) is 0 Å². The second kappa shape index (κ2) is 7.04. The van der Waals surface area contributed by atoms with Crippen molar-refractivity contribution in [3.63, 3.8) is 0 Å². The van der Waals surface area contributed by atoms with Gasteiger partial charge in [-0.05, 0) is 6.92 Å². The lowest BCUT2D eigenvalue weighted by atomic mass is 10.2. The van der Waals surface area contributed by atoms with Crippen molar-refractivity contribution in [3.8, 4) is 0 Å². The second-order valence-corrected chi connectivity index (χ2v) is 3.69. The molecule has 4 heteroatoms. The number of carbonyl (C=O) groups is 2. The lowest BCUT2D eigenvalue weighted by Crippen LogP contribution is -2.30. The van der Waals surface area contributed by atoms with Crippen LogP contribution in [0.5, 0.6) is 0 Å². The summed E-state index contributed by atoms with van der Waals surface area (Å²) in [4.78, 5) is 22.0. The summed E-state index contributed by atoms with van der Waals surface area (Å²) in [5.74, 6) is -0.439. The van der Waals surface area contributed by atoms with E-state index < -0.39 is 5.97 Å². The Morgan fingerprint density at radius 2 is 2.00 bits per heavy atom. The number of amides is 1. The summed E-state index contributed by atoms with van der Waals surface area (Å²) < 4.78 is 4.93. The fourth-order valence-corrected chi connectivity index (χ4v) is 0.908. The van der Waals surface area contributed by atoms with E-state index >= 15 is 0 Å². The molecule has 86 valence electrons. The molecule has 0 fully saturated rings. The van der Waals surface area contributed by atoms with Gasteiger partial charge in [-0.15, -0.1) is 0 Å². The standard InChI is InChI=1S/C11H19NO3/c1-5-10(13)15-9(4)6-7-12-11(14)8(2)3/h5,8-9H,1,6-7H2,2-4H3,(H,12,14). The van der Waals surface area contributed by atoms with E-state index in [1.807, 2.05) is 13.8 Å². The Bertz CT molecular complexity index is 236. The molecule has 0 heterocycles. The number of nitrogens with one attached hydrogen (secondary N) is 1. The van der Waals surface area contributed by atoms with Crippen molar-refractivity contribution in [2.24, 2.45) is 5.92 Å². The van der Waals surface area contributed by atoms with Crippen LogP contribution in [0.25, 0.3) is 0 Å². The zero-order valence-electron chi connectivity index (χ0n) is 9.58. The topological polar surface area (TPSA) is 55.4 Å². The van der Waals surface area contributed by atoms with Gasteiger partial charge in [0, 0.05) is 25.0 Å². The molecular weight excluding hydrogens is 194 g/mol. The average molecular weight is 213 g/mol. The molecule has 0 radical (unpaired) electrons. The Hall–Kier alpha value is -1.32. The van der Waals surface area contributed by atoms with Crippen LogP contribution in [0.15, 0.2) is 12.7 Å². The molecule has 0 aromatic heterocycles. The number of esters is 1. The second-order valence-electron chi connectivity index (χ2n) is 3.69. The lowest BCUT2D eigenvalue weighted by molar-refractivity contribution is -0.142.